The van der Waals surface area contributed by atoms with Gasteiger partial charge in [0.1, 0.15) is 5.60 Å². The van der Waals surface area contributed by atoms with Crippen LogP contribution in [0.15, 0.2) is 11.6 Å². The molecule has 2 nitrogen and oxygen atoms in total. The molecular formula is C10H18O2. The van der Waals surface area contributed by atoms with Gasteiger partial charge in [0.15, 0.2) is 5.78 Å². The number of Topliss-reactive ketones (excluding diaryl/α,β-unsaturated/α-hetero) is 1. The number of aliphatic hydroxyl groups is 1. The molecule has 0 aliphatic heterocycles. The van der Waals surface area contributed by atoms with Crippen molar-refractivity contribution >= 4 is 5.78 Å². The monoisotopic (exact) mass is 170 g/mol. The molecule has 0 aromatic heterocycles. The van der Waals surface area contributed by atoms with Crippen molar-refractivity contribution in [1.82, 2.24) is 0 Å². The zero-order valence-electron chi connectivity index (χ0n) is 8.51. The molecule has 2 atom stereocenters. The predicted molar refractivity (Wildman–Crippen MR) is 49.9 cm³/mol. The molecular weight excluding hydrogens is 152 g/mol. The van der Waals surface area contributed by atoms with Crippen molar-refractivity contribution in [2.24, 2.45) is 5.92 Å². The van der Waals surface area contributed by atoms with Crippen molar-refractivity contribution < 1.29 is 9.90 Å². The topological polar surface area (TPSA) is 37.3 Å². The minimum Gasteiger partial charge on any atom is -0.382 e. The first-order chi connectivity index (χ1) is 5.34. The van der Waals surface area contributed by atoms with Gasteiger partial charge in [0.05, 0.1) is 0 Å². The highest BCUT2D eigenvalue weighted by atomic mass is 16.3. The van der Waals surface area contributed by atoms with Gasteiger partial charge in [-0.25, -0.2) is 0 Å². The smallest absolute Gasteiger partial charge is 0.161 e. The van der Waals surface area contributed by atoms with Crippen LogP contribution in [0.5, 0.6) is 0 Å². The largest absolute Gasteiger partial charge is 0.382 e. The molecule has 0 radical (unpaired) electrons. The van der Waals surface area contributed by atoms with Crippen LogP contribution >= 0.6 is 0 Å². The molecule has 2 heteroatoms. The number of carbonyl (C=O) groups is 1. The van der Waals surface area contributed by atoms with E-state index in [4.69, 9.17) is 0 Å². The molecule has 12 heavy (non-hydrogen) atoms. The second kappa shape index (κ2) is 3.85. The van der Waals surface area contributed by atoms with E-state index in [-0.39, 0.29) is 11.7 Å². The van der Waals surface area contributed by atoms with Gasteiger partial charge in [-0.3, -0.25) is 4.79 Å². The zero-order valence-corrected chi connectivity index (χ0v) is 8.51. The van der Waals surface area contributed by atoms with E-state index in [2.05, 4.69) is 0 Å². The maximum atomic E-state index is 11.1. The normalized spacial score (nSPS) is 20.0. The number of hydrogen-bond donors (Lipinski definition) is 1. The predicted octanol–water partition coefficient (Wildman–Crippen LogP) is 1.93. The molecule has 0 aromatic rings. The van der Waals surface area contributed by atoms with Crippen LogP contribution in [0.4, 0.5) is 0 Å². The van der Waals surface area contributed by atoms with Crippen molar-refractivity contribution in [2.45, 2.75) is 40.2 Å². The molecule has 70 valence electrons. The highest BCUT2D eigenvalue weighted by Crippen LogP contribution is 2.24. The summed E-state index contributed by atoms with van der Waals surface area (Å²) in [6.45, 7) is 8.66. The first-order valence-corrected chi connectivity index (χ1v) is 4.20. The van der Waals surface area contributed by atoms with Crippen molar-refractivity contribution in [3.8, 4) is 0 Å². The molecule has 0 heterocycles. The molecule has 0 rings (SSSR count). The summed E-state index contributed by atoms with van der Waals surface area (Å²) >= 11 is 0. The van der Waals surface area contributed by atoms with Crippen LogP contribution < -0.4 is 0 Å². The minimum atomic E-state index is -1.23. The summed E-state index contributed by atoms with van der Waals surface area (Å²) in [5, 5.41) is 9.77. The Kier molecular flexibility index (Phi) is 3.65. The Balaban J connectivity index is 4.68. The van der Waals surface area contributed by atoms with Crippen molar-refractivity contribution in [3.63, 3.8) is 0 Å². The number of ketones is 1. The Morgan fingerprint density at radius 3 is 2.17 bits per heavy atom. The number of carbonyl (C=O) groups excluding carboxylic acids is 1. The molecule has 1 N–H and O–H groups in total. The highest BCUT2D eigenvalue weighted by Gasteiger charge is 2.33. The van der Waals surface area contributed by atoms with Crippen LogP contribution in [0, 0.1) is 5.92 Å². The lowest BCUT2D eigenvalue weighted by Gasteiger charge is -2.28. The molecule has 0 saturated heterocycles. The van der Waals surface area contributed by atoms with E-state index in [1.807, 2.05) is 26.8 Å². The van der Waals surface area contributed by atoms with E-state index >= 15 is 0 Å². The van der Waals surface area contributed by atoms with Crippen molar-refractivity contribution in [3.05, 3.63) is 11.6 Å². The SMILES string of the molecule is C/C=C(/C)C(C)C(C)(O)C(C)=O. The molecule has 0 amide bonds. The van der Waals surface area contributed by atoms with Gasteiger partial charge in [-0.2, -0.15) is 0 Å². The lowest BCUT2D eigenvalue weighted by atomic mass is 9.82. The third-order valence-electron chi connectivity index (χ3n) is 2.69. The molecule has 0 bridgehead atoms. The van der Waals surface area contributed by atoms with Crippen molar-refractivity contribution in [1.29, 1.82) is 0 Å². The van der Waals surface area contributed by atoms with Crippen molar-refractivity contribution in [2.75, 3.05) is 0 Å². The first kappa shape index (κ1) is 11.4. The van der Waals surface area contributed by atoms with Crippen LogP contribution in [-0.4, -0.2) is 16.5 Å². The molecule has 0 aliphatic rings. The number of allylic oxidation sites excluding steroid dienone is 1. The molecule has 0 fully saturated rings. The van der Waals surface area contributed by atoms with E-state index in [9.17, 15) is 9.90 Å². The summed E-state index contributed by atoms with van der Waals surface area (Å²) in [7, 11) is 0. The Hall–Kier alpha value is -0.630. The standard InChI is InChI=1S/C10H18O2/c1-6-7(2)8(3)10(5,12)9(4)11/h6,8,12H,1-5H3/b7-6-. The van der Waals surface area contributed by atoms with Crippen LogP contribution in [0.2, 0.25) is 0 Å². The fraction of sp³-hybridized carbons (Fsp3) is 0.700. The Bertz CT molecular complexity index is 202. The molecule has 0 saturated carbocycles. The third-order valence-corrected chi connectivity index (χ3v) is 2.69. The second-order valence-corrected chi connectivity index (χ2v) is 3.46. The van der Waals surface area contributed by atoms with Gasteiger partial charge in [-0.15, -0.1) is 0 Å². The van der Waals surface area contributed by atoms with Crippen LogP contribution in [0.1, 0.15) is 34.6 Å². The maximum Gasteiger partial charge on any atom is 0.161 e. The van der Waals surface area contributed by atoms with E-state index in [1.165, 1.54) is 6.92 Å². The lowest BCUT2D eigenvalue weighted by molar-refractivity contribution is -0.136. The van der Waals surface area contributed by atoms with Gasteiger partial charge in [-0.1, -0.05) is 18.6 Å². The number of rotatable bonds is 3. The zero-order chi connectivity index (χ0) is 9.94. The minimum absolute atomic E-state index is 0.111. The Labute approximate surface area is 74.3 Å². The summed E-state index contributed by atoms with van der Waals surface area (Å²) in [6.07, 6.45) is 1.92. The average Bonchev–Trinajstić information content (AvgIpc) is 2.01. The van der Waals surface area contributed by atoms with Gasteiger partial charge in [0.25, 0.3) is 0 Å². The Morgan fingerprint density at radius 2 is 1.92 bits per heavy atom. The summed E-state index contributed by atoms with van der Waals surface area (Å²) in [4.78, 5) is 11.1. The fourth-order valence-electron chi connectivity index (χ4n) is 0.998. The van der Waals surface area contributed by atoms with Crippen LogP contribution in [0.25, 0.3) is 0 Å². The summed E-state index contributed by atoms with van der Waals surface area (Å²) in [6, 6.07) is 0. The summed E-state index contributed by atoms with van der Waals surface area (Å²) in [5.74, 6) is -0.295. The van der Waals surface area contributed by atoms with Crippen LogP contribution in [0.3, 0.4) is 0 Å². The fourth-order valence-corrected chi connectivity index (χ4v) is 0.998. The van der Waals surface area contributed by atoms with E-state index in [1.54, 1.807) is 6.92 Å². The van der Waals surface area contributed by atoms with E-state index in [0.29, 0.717) is 0 Å². The van der Waals surface area contributed by atoms with E-state index in [0.717, 1.165) is 5.57 Å². The van der Waals surface area contributed by atoms with E-state index < -0.39 is 5.60 Å². The van der Waals surface area contributed by atoms with Gasteiger partial charge in [-0.05, 0) is 27.7 Å². The highest BCUT2D eigenvalue weighted by molar-refractivity contribution is 5.84. The summed E-state index contributed by atoms with van der Waals surface area (Å²) < 4.78 is 0. The molecule has 0 aromatic carbocycles. The quantitative estimate of drug-likeness (QED) is 0.657. The second-order valence-electron chi connectivity index (χ2n) is 3.46. The van der Waals surface area contributed by atoms with Gasteiger partial charge >= 0.3 is 0 Å². The number of hydrogen-bond acceptors (Lipinski definition) is 2. The Morgan fingerprint density at radius 1 is 1.50 bits per heavy atom. The van der Waals surface area contributed by atoms with Gasteiger partial charge in [0, 0.05) is 5.92 Å². The molecule has 2 unspecified atom stereocenters. The average molecular weight is 170 g/mol. The third kappa shape index (κ3) is 2.18. The first-order valence-electron chi connectivity index (χ1n) is 4.20. The van der Waals surface area contributed by atoms with Crippen LogP contribution in [-0.2, 0) is 4.79 Å². The molecule has 0 spiro atoms. The molecule has 0 aliphatic carbocycles. The lowest BCUT2D eigenvalue weighted by Crippen LogP contribution is -2.40. The van der Waals surface area contributed by atoms with Gasteiger partial charge in [0.2, 0.25) is 0 Å². The summed E-state index contributed by atoms with van der Waals surface area (Å²) in [5.41, 5.74) is -0.188. The maximum absolute atomic E-state index is 11.1. The van der Waals surface area contributed by atoms with Gasteiger partial charge < -0.3 is 5.11 Å².